The second kappa shape index (κ2) is 5.38. The van der Waals surface area contributed by atoms with Crippen LogP contribution in [0.1, 0.15) is 13.3 Å². The van der Waals surface area contributed by atoms with Crippen LogP contribution in [0.25, 0.3) is 0 Å². The SMILES string of the molecule is COCCC(C)(C#N)Nc1ccccc1. The van der Waals surface area contributed by atoms with Crippen molar-refractivity contribution in [3.63, 3.8) is 0 Å². The molecule has 0 heterocycles. The first kappa shape index (κ1) is 11.5. The second-order valence-electron chi connectivity index (χ2n) is 3.68. The molecule has 1 rings (SSSR count). The van der Waals surface area contributed by atoms with E-state index in [1.54, 1.807) is 7.11 Å². The van der Waals surface area contributed by atoms with E-state index in [0.29, 0.717) is 13.0 Å². The molecule has 0 amide bonds. The highest BCUT2D eigenvalue weighted by molar-refractivity contribution is 5.46. The van der Waals surface area contributed by atoms with Crippen molar-refractivity contribution in [2.75, 3.05) is 19.0 Å². The molecule has 1 aromatic carbocycles. The fourth-order valence-electron chi connectivity index (χ4n) is 1.29. The molecule has 0 aliphatic rings. The van der Waals surface area contributed by atoms with E-state index in [1.807, 2.05) is 37.3 Å². The van der Waals surface area contributed by atoms with E-state index in [0.717, 1.165) is 5.69 Å². The van der Waals surface area contributed by atoms with E-state index in [4.69, 9.17) is 10.00 Å². The number of nitrogens with zero attached hydrogens (tertiary/aromatic N) is 1. The maximum Gasteiger partial charge on any atom is 0.124 e. The van der Waals surface area contributed by atoms with E-state index in [-0.39, 0.29) is 0 Å². The maximum atomic E-state index is 9.11. The minimum absolute atomic E-state index is 0.572. The van der Waals surface area contributed by atoms with E-state index < -0.39 is 5.54 Å². The van der Waals surface area contributed by atoms with Gasteiger partial charge in [-0.1, -0.05) is 18.2 Å². The van der Waals surface area contributed by atoms with Gasteiger partial charge < -0.3 is 10.1 Å². The van der Waals surface area contributed by atoms with E-state index in [2.05, 4.69) is 11.4 Å². The third kappa shape index (κ3) is 3.61. The van der Waals surface area contributed by atoms with Crippen molar-refractivity contribution in [3.05, 3.63) is 30.3 Å². The molecular weight excluding hydrogens is 188 g/mol. The Kier molecular flexibility index (Phi) is 4.14. The topological polar surface area (TPSA) is 45.0 Å². The zero-order valence-corrected chi connectivity index (χ0v) is 9.16. The van der Waals surface area contributed by atoms with Gasteiger partial charge in [-0.05, 0) is 19.1 Å². The molecule has 1 unspecified atom stereocenters. The van der Waals surface area contributed by atoms with Gasteiger partial charge in [0, 0.05) is 25.8 Å². The van der Waals surface area contributed by atoms with Crippen molar-refractivity contribution < 1.29 is 4.74 Å². The average Bonchev–Trinajstić information content (AvgIpc) is 2.28. The summed E-state index contributed by atoms with van der Waals surface area (Å²) in [7, 11) is 1.64. The monoisotopic (exact) mass is 204 g/mol. The van der Waals surface area contributed by atoms with Crippen LogP contribution in [0.4, 0.5) is 5.69 Å². The number of nitrogens with one attached hydrogen (secondary N) is 1. The van der Waals surface area contributed by atoms with Crippen LogP contribution in [0.3, 0.4) is 0 Å². The normalized spacial score (nSPS) is 13.9. The molecule has 0 fully saturated rings. The molecule has 15 heavy (non-hydrogen) atoms. The van der Waals surface area contributed by atoms with Gasteiger partial charge in [-0.3, -0.25) is 0 Å². The minimum Gasteiger partial charge on any atom is -0.385 e. The van der Waals surface area contributed by atoms with Crippen LogP contribution in [-0.4, -0.2) is 19.3 Å². The van der Waals surface area contributed by atoms with Crippen molar-refractivity contribution in [1.29, 1.82) is 5.26 Å². The lowest BCUT2D eigenvalue weighted by atomic mass is 10.00. The summed E-state index contributed by atoms with van der Waals surface area (Å²) >= 11 is 0. The molecule has 3 heteroatoms. The average molecular weight is 204 g/mol. The van der Waals surface area contributed by atoms with Gasteiger partial charge in [0.15, 0.2) is 0 Å². The Balaban J connectivity index is 2.65. The third-order valence-electron chi connectivity index (χ3n) is 2.25. The fraction of sp³-hybridized carbons (Fsp3) is 0.417. The van der Waals surface area contributed by atoms with Crippen molar-refractivity contribution in [2.45, 2.75) is 18.9 Å². The molecule has 0 spiro atoms. The highest BCUT2D eigenvalue weighted by Gasteiger charge is 2.22. The molecular formula is C12H16N2O. The van der Waals surface area contributed by atoms with Crippen LogP contribution in [-0.2, 0) is 4.74 Å². The van der Waals surface area contributed by atoms with Gasteiger partial charge in [-0.15, -0.1) is 0 Å². The standard InChI is InChI=1S/C12H16N2O/c1-12(10-13,8-9-15-2)14-11-6-4-3-5-7-11/h3-7,14H,8-9H2,1-2H3. The lowest BCUT2D eigenvalue weighted by molar-refractivity contribution is 0.184. The summed E-state index contributed by atoms with van der Waals surface area (Å²) in [4.78, 5) is 0. The summed E-state index contributed by atoms with van der Waals surface area (Å²) < 4.78 is 4.99. The smallest absolute Gasteiger partial charge is 0.124 e. The van der Waals surface area contributed by atoms with Crippen molar-refractivity contribution in [1.82, 2.24) is 0 Å². The molecule has 0 aliphatic heterocycles. The van der Waals surface area contributed by atoms with Crippen LogP contribution >= 0.6 is 0 Å². The maximum absolute atomic E-state index is 9.11. The Morgan fingerprint density at radius 1 is 1.40 bits per heavy atom. The van der Waals surface area contributed by atoms with Crippen LogP contribution in [0.15, 0.2) is 30.3 Å². The molecule has 1 N–H and O–H groups in total. The summed E-state index contributed by atoms with van der Waals surface area (Å²) in [5.74, 6) is 0. The lowest BCUT2D eigenvalue weighted by Gasteiger charge is -2.24. The predicted octanol–water partition coefficient (Wildman–Crippen LogP) is 2.42. The van der Waals surface area contributed by atoms with Crippen LogP contribution in [0.5, 0.6) is 0 Å². The molecule has 0 aromatic heterocycles. The molecule has 1 aromatic rings. The van der Waals surface area contributed by atoms with Gasteiger partial charge in [0.25, 0.3) is 0 Å². The molecule has 0 radical (unpaired) electrons. The number of hydrogen-bond donors (Lipinski definition) is 1. The van der Waals surface area contributed by atoms with Crippen molar-refractivity contribution in [3.8, 4) is 6.07 Å². The number of hydrogen-bond acceptors (Lipinski definition) is 3. The van der Waals surface area contributed by atoms with Crippen LogP contribution < -0.4 is 5.32 Å². The first-order chi connectivity index (χ1) is 7.20. The number of para-hydroxylation sites is 1. The first-order valence-electron chi connectivity index (χ1n) is 4.93. The minimum atomic E-state index is -0.572. The molecule has 0 saturated heterocycles. The molecule has 80 valence electrons. The number of methoxy groups -OCH3 is 1. The molecule has 0 saturated carbocycles. The number of ether oxygens (including phenoxy) is 1. The predicted molar refractivity (Wildman–Crippen MR) is 60.6 cm³/mol. The Hall–Kier alpha value is -1.53. The van der Waals surface area contributed by atoms with E-state index >= 15 is 0 Å². The number of anilines is 1. The largest absolute Gasteiger partial charge is 0.385 e. The molecule has 0 bridgehead atoms. The third-order valence-corrected chi connectivity index (χ3v) is 2.25. The Labute approximate surface area is 90.7 Å². The zero-order chi connectivity index (χ0) is 11.1. The quantitative estimate of drug-likeness (QED) is 0.801. The highest BCUT2D eigenvalue weighted by atomic mass is 16.5. The molecule has 0 aliphatic carbocycles. The van der Waals surface area contributed by atoms with Gasteiger partial charge >= 0.3 is 0 Å². The summed E-state index contributed by atoms with van der Waals surface area (Å²) in [6, 6.07) is 12.0. The fourth-order valence-corrected chi connectivity index (χ4v) is 1.29. The molecule has 1 atom stereocenters. The summed E-state index contributed by atoms with van der Waals surface area (Å²) in [5.41, 5.74) is 0.384. The summed E-state index contributed by atoms with van der Waals surface area (Å²) in [5, 5.41) is 12.3. The number of rotatable bonds is 5. The summed E-state index contributed by atoms with van der Waals surface area (Å²) in [6.45, 7) is 2.45. The molecule has 3 nitrogen and oxygen atoms in total. The van der Waals surface area contributed by atoms with Gasteiger partial charge in [0.2, 0.25) is 0 Å². The second-order valence-corrected chi connectivity index (χ2v) is 3.68. The van der Waals surface area contributed by atoms with Gasteiger partial charge in [0.05, 0.1) is 6.07 Å². The number of nitriles is 1. The Morgan fingerprint density at radius 2 is 2.07 bits per heavy atom. The zero-order valence-electron chi connectivity index (χ0n) is 9.16. The van der Waals surface area contributed by atoms with E-state index in [9.17, 15) is 0 Å². The first-order valence-corrected chi connectivity index (χ1v) is 4.93. The van der Waals surface area contributed by atoms with Crippen molar-refractivity contribution >= 4 is 5.69 Å². The van der Waals surface area contributed by atoms with E-state index in [1.165, 1.54) is 0 Å². The Bertz CT molecular complexity index is 331. The van der Waals surface area contributed by atoms with Gasteiger partial charge in [-0.2, -0.15) is 5.26 Å². The lowest BCUT2D eigenvalue weighted by Crippen LogP contribution is -2.34. The van der Waals surface area contributed by atoms with Crippen LogP contribution in [0.2, 0.25) is 0 Å². The van der Waals surface area contributed by atoms with Crippen LogP contribution in [0, 0.1) is 11.3 Å². The Morgan fingerprint density at radius 3 is 2.60 bits per heavy atom. The van der Waals surface area contributed by atoms with Gasteiger partial charge in [-0.25, -0.2) is 0 Å². The van der Waals surface area contributed by atoms with Crippen molar-refractivity contribution in [2.24, 2.45) is 0 Å². The van der Waals surface area contributed by atoms with Gasteiger partial charge in [0.1, 0.15) is 5.54 Å². The highest BCUT2D eigenvalue weighted by Crippen LogP contribution is 2.17. The summed E-state index contributed by atoms with van der Waals surface area (Å²) in [6.07, 6.45) is 0.662. The number of benzene rings is 1.